The third-order valence-electron chi connectivity index (χ3n) is 3.68. The average Bonchev–Trinajstić information content (AvgIpc) is 2.74. The van der Waals surface area contributed by atoms with Crippen LogP contribution in [0.5, 0.6) is 5.75 Å². The highest BCUT2D eigenvalue weighted by atomic mass is 16.5. The van der Waals surface area contributed by atoms with Crippen molar-refractivity contribution < 1.29 is 4.74 Å². The first kappa shape index (κ1) is 10.8. The van der Waals surface area contributed by atoms with Crippen molar-refractivity contribution in [1.82, 2.24) is 4.98 Å². The summed E-state index contributed by atoms with van der Waals surface area (Å²) in [6.07, 6.45) is 10.4. The van der Waals surface area contributed by atoms with Crippen LogP contribution in [0, 0.1) is 0 Å². The summed E-state index contributed by atoms with van der Waals surface area (Å²) in [4.78, 5) is 8.71. The van der Waals surface area contributed by atoms with Crippen molar-refractivity contribution in [2.24, 2.45) is 4.99 Å². The van der Waals surface area contributed by atoms with Crippen LogP contribution in [0.3, 0.4) is 0 Å². The van der Waals surface area contributed by atoms with Gasteiger partial charge in [-0.05, 0) is 32.6 Å². The topological polar surface area (TPSA) is 34.5 Å². The number of hydrogen-bond acceptors (Lipinski definition) is 3. The summed E-state index contributed by atoms with van der Waals surface area (Å²) in [6, 6.07) is 0. The third kappa shape index (κ3) is 2.06. The van der Waals surface area contributed by atoms with Crippen molar-refractivity contribution in [3.05, 3.63) is 23.5 Å². The van der Waals surface area contributed by atoms with Gasteiger partial charge in [-0.2, -0.15) is 0 Å². The lowest BCUT2D eigenvalue weighted by atomic mass is 9.97. The van der Waals surface area contributed by atoms with Gasteiger partial charge in [0.15, 0.2) is 0 Å². The Morgan fingerprint density at radius 1 is 1.18 bits per heavy atom. The Kier molecular flexibility index (Phi) is 2.83. The van der Waals surface area contributed by atoms with Crippen molar-refractivity contribution >= 4 is 5.71 Å². The van der Waals surface area contributed by atoms with Gasteiger partial charge >= 0.3 is 0 Å². The van der Waals surface area contributed by atoms with Gasteiger partial charge in [-0.15, -0.1) is 0 Å². The summed E-state index contributed by atoms with van der Waals surface area (Å²) in [5.41, 5.74) is 3.48. The minimum atomic E-state index is 0.380. The van der Waals surface area contributed by atoms with Gasteiger partial charge in [0.05, 0.1) is 18.8 Å². The fraction of sp³-hybridized carbons (Fsp3) is 0.571. The van der Waals surface area contributed by atoms with Crippen molar-refractivity contribution in [2.45, 2.75) is 51.7 Å². The smallest absolute Gasteiger partial charge is 0.147 e. The van der Waals surface area contributed by atoms with Crippen LogP contribution in [0.4, 0.5) is 0 Å². The van der Waals surface area contributed by atoms with E-state index in [1.54, 1.807) is 0 Å². The number of rotatable bonds is 2. The third-order valence-corrected chi connectivity index (χ3v) is 3.68. The molecule has 3 heteroatoms. The van der Waals surface area contributed by atoms with Crippen molar-refractivity contribution in [3.63, 3.8) is 0 Å². The summed E-state index contributed by atoms with van der Waals surface area (Å²) in [7, 11) is 0. The molecule has 0 N–H and O–H groups in total. The van der Waals surface area contributed by atoms with Crippen LogP contribution in [0.2, 0.25) is 0 Å². The van der Waals surface area contributed by atoms with E-state index in [2.05, 4.69) is 16.9 Å². The maximum Gasteiger partial charge on any atom is 0.147 e. The lowest BCUT2D eigenvalue weighted by Gasteiger charge is -2.24. The highest BCUT2D eigenvalue weighted by Crippen LogP contribution is 2.30. The van der Waals surface area contributed by atoms with Crippen LogP contribution in [0.25, 0.3) is 0 Å². The molecule has 0 atom stereocenters. The molecule has 17 heavy (non-hydrogen) atoms. The van der Waals surface area contributed by atoms with E-state index in [0.29, 0.717) is 6.10 Å². The van der Waals surface area contributed by atoms with Gasteiger partial charge in [-0.25, -0.2) is 0 Å². The molecule has 1 aliphatic heterocycles. The average molecular weight is 230 g/mol. The molecular formula is C14H18N2O. The van der Waals surface area contributed by atoms with Gasteiger partial charge in [0, 0.05) is 23.0 Å². The highest BCUT2D eigenvalue weighted by Gasteiger charge is 2.21. The number of aliphatic imine (C=N–C) groups is 1. The zero-order valence-electron chi connectivity index (χ0n) is 10.3. The van der Waals surface area contributed by atoms with Gasteiger partial charge in [-0.1, -0.05) is 6.42 Å². The molecule has 0 amide bonds. The number of pyridine rings is 1. The molecule has 1 aliphatic carbocycles. The Hall–Kier alpha value is -1.38. The minimum absolute atomic E-state index is 0.380. The Labute approximate surface area is 102 Å². The monoisotopic (exact) mass is 230 g/mol. The maximum atomic E-state index is 6.13. The second-order valence-corrected chi connectivity index (χ2v) is 4.95. The molecule has 2 aliphatic rings. The fourth-order valence-corrected chi connectivity index (χ4v) is 2.75. The second-order valence-electron chi connectivity index (χ2n) is 4.95. The predicted molar refractivity (Wildman–Crippen MR) is 67.7 cm³/mol. The van der Waals surface area contributed by atoms with E-state index in [4.69, 9.17) is 4.74 Å². The number of aromatic nitrogens is 1. The zero-order valence-corrected chi connectivity index (χ0v) is 10.3. The van der Waals surface area contributed by atoms with Crippen LogP contribution in [0.1, 0.15) is 50.2 Å². The first-order valence-electron chi connectivity index (χ1n) is 6.49. The Balaban J connectivity index is 1.83. The highest BCUT2D eigenvalue weighted by molar-refractivity contribution is 6.04. The van der Waals surface area contributed by atoms with E-state index in [1.165, 1.54) is 43.2 Å². The number of fused-ring (bicyclic) bond motifs is 1. The van der Waals surface area contributed by atoms with Gasteiger partial charge in [0.2, 0.25) is 0 Å². The molecule has 3 nitrogen and oxygen atoms in total. The minimum Gasteiger partial charge on any atom is -0.488 e. The maximum absolute atomic E-state index is 6.13. The molecule has 1 fully saturated rings. The van der Waals surface area contributed by atoms with Crippen molar-refractivity contribution in [1.29, 1.82) is 0 Å². The number of nitrogens with zero attached hydrogens (tertiary/aromatic N) is 2. The van der Waals surface area contributed by atoms with Crippen LogP contribution < -0.4 is 4.74 Å². The largest absolute Gasteiger partial charge is 0.488 e. The molecule has 0 saturated heterocycles. The second kappa shape index (κ2) is 4.47. The van der Waals surface area contributed by atoms with E-state index in [-0.39, 0.29) is 0 Å². The first-order chi connectivity index (χ1) is 8.34. The normalized spacial score (nSPS) is 19.9. The molecule has 1 saturated carbocycles. The molecular weight excluding hydrogens is 212 g/mol. The van der Waals surface area contributed by atoms with Gasteiger partial charge in [-0.3, -0.25) is 9.98 Å². The molecule has 2 heterocycles. The molecule has 0 bridgehead atoms. The van der Waals surface area contributed by atoms with Crippen LogP contribution in [0.15, 0.2) is 17.4 Å². The Morgan fingerprint density at radius 3 is 2.82 bits per heavy atom. The van der Waals surface area contributed by atoms with E-state index >= 15 is 0 Å². The molecule has 0 unspecified atom stereocenters. The Bertz CT molecular complexity index is 448. The van der Waals surface area contributed by atoms with Crippen LogP contribution >= 0.6 is 0 Å². The number of hydrogen-bond donors (Lipinski definition) is 0. The zero-order chi connectivity index (χ0) is 11.7. The predicted octanol–water partition coefficient (Wildman–Crippen LogP) is 3.12. The standard InChI is InChI=1S/C14H18N2O/c1-10-14-11(8-16-10)7-15-9-13(14)17-12-5-3-2-4-6-12/h7,9,12H,2-6,8H2,1H3. The summed E-state index contributed by atoms with van der Waals surface area (Å²) in [6.45, 7) is 2.82. The SMILES string of the molecule is CC1=NCc2cncc(OC3CCCCC3)c21. The lowest BCUT2D eigenvalue weighted by Crippen LogP contribution is -2.20. The summed E-state index contributed by atoms with van der Waals surface area (Å²) >= 11 is 0. The Morgan fingerprint density at radius 2 is 2.00 bits per heavy atom. The molecule has 3 rings (SSSR count). The van der Waals surface area contributed by atoms with Crippen molar-refractivity contribution in [3.8, 4) is 5.75 Å². The summed E-state index contributed by atoms with van der Waals surface area (Å²) < 4.78 is 6.13. The number of ether oxygens (including phenoxy) is 1. The molecule has 0 spiro atoms. The van der Waals surface area contributed by atoms with E-state index in [1.807, 2.05) is 12.4 Å². The summed E-state index contributed by atoms with van der Waals surface area (Å²) in [5, 5.41) is 0. The van der Waals surface area contributed by atoms with E-state index in [0.717, 1.165) is 18.0 Å². The van der Waals surface area contributed by atoms with Gasteiger partial charge < -0.3 is 4.74 Å². The first-order valence-corrected chi connectivity index (χ1v) is 6.49. The molecule has 90 valence electrons. The molecule has 1 aromatic heterocycles. The van der Waals surface area contributed by atoms with Gasteiger partial charge in [0.1, 0.15) is 5.75 Å². The van der Waals surface area contributed by atoms with Crippen LogP contribution in [-0.4, -0.2) is 16.8 Å². The molecule has 0 aromatic carbocycles. The molecule has 0 radical (unpaired) electrons. The molecule has 1 aromatic rings. The van der Waals surface area contributed by atoms with E-state index < -0.39 is 0 Å². The quantitative estimate of drug-likeness (QED) is 0.782. The lowest BCUT2D eigenvalue weighted by molar-refractivity contribution is 0.154. The van der Waals surface area contributed by atoms with Crippen molar-refractivity contribution in [2.75, 3.05) is 0 Å². The summed E-state index contributed by atoms with van der Waals surface area (Å²) in [5.74, 6) is 0.938. The fourth-order valence-electron chi connectivity index (χ4n) is 2.75. The van der Waals surface area contributed by atoms with E-state index in [9.17, 15) is 0 Å². The van der Waals surface area contributed by atoms with Gasteiger partial charge in [0.25, 0.3) is 0 Å². The van der Waals surface area contributed by atoms with Crippen LogP contribution in [-0.2, 0) is 6.54 Å².